The minimum Gasteiger partial charge on any atom is -0.492 e. The van der Waals surface area contributed by atoms with Gasteiger partial charge in [-0.05, 0) is 31.2 Å². The topological polar surface area (TPSA) is 57.7 Å². The Kier molecular flexibility index (Phi) is 6.06. The van der Waals surface area contributed by atoms with Crippen LogP contribution in [0.5, 0.6) is 5.75 Å². The second-order valence-corrected chi connectivity index (χ2v) is 6.58. The van der Waals surface area contributed by atoms with E-state index in [0.717, 1.165) is 24.5 Å². The second kappa shape index (κ2) is 8.47. The molecule has 1 aliphatic heterocycles. The van der Waals surface area contributed by atoms with Crippen LogP contribution >= 0.6 is 23.2 Å². The van der Waals surface area contributed by atoms with E-state index in [0.29, 0.717) is 25.4 Å². The molecular weight excluding hydrogens is 375 g/mol. The molecule has 0 aliphatic carbocycles. The summed E-state index contributed by atoms with van der Waals surface area (Å²) in [7, 11) is 0. The molecule has 0 radical (unpaired) electrons. The molecule has 6 nitrogen and oxygen atoms in total. The van der Waals surface area contributed by atoms with Gasteiger partial charge in [-0.3, -0.25) is 0 Å². The molecule has 1 aromatic heterocycles. The number of hydrogen-bond acceptors (Lipinski definition) is 4. The number of amides is 2. The molecule has 2 amide bonds. The van der Waals surface area contributed by atoms with E-state index in [1.165, 1.54) is 0 Å². The number of carbonyl (C=O) groups is 1. The first-order valence-electron chi connectivity index (χ1n) is 8.42. The monoisotopic (exact) mass is 394 g/mol. The van der Waals surface area contributed by atoms with Crippen LogP contribution in [0.25, 0.3) is 0 Å². The number of rotatable bonds is 4. The van der Waals surface area contributed by atoms with Crippen LogP contribution in [0.15, 0.2) is 36.4 Å². The lowest BCUT2D eigenvalue weighted by Crippen LogP contribution is -2.50. The SMILES string of the molecule is CCOc1ccccc1N1CCN(C(=O)Nc2cc(Cl)nc(Cl)c2)CC1. The normalized spacial score (nSPS) is 14.3. The Morgan fingerprint density at radius 2 is 1.81 bits per heavy atom. The number of para-hydroxylation sites is 2. The summed E-state index contributed by atoms with van der Waals surface area (Å²) in [5.74, 6) is 0.869. The molecule has 0 bridgehead atoms. The zero-order chi connectivity index (χ0) is 18.5. The molecule has 1 fully saturated rings. The van der Waals surface area contributed by atoms with Crippen LogP contribution in [0.4, 0.5) is 16.2 Å². The Morgan fingerprint density at radius 1 is 1.15 bits per heavy atom. The average Bonchev–Trinajstić information content (AvgIpc) is 2.62. The molecule has 8 heteroatoms. The van der Waals surface area contributed by atoms with Crippen molar-refractivity contribution in [2.24, 2.45) is 0 Å². The number of urea groups is 1. The molecule has 2 heterocycles. The van der Waals surface area contributed by atoms with E-state index in [-0.39, 0.29) is 16.3 Å². The highest BCUT2D eigenvalue weighted by Gasteiger charge is 2.23. The van der Waals surface area contributed by atoms with Crippen molar-refractivity contribution in [2.45, 2.75) is 6.92 Å². The number of piperazine rings is 1. The maximum Gasteiger partial charge on any atom is 0.321 e. The van der Waals surface area contributed by atoms with Crippen molar-refractivity contribution in [1.82, 2.24) is 9.88 Å². The number of halogens is 2. The molecule has 138 valence electrons. The van der Waals surface area contributed by atoms with Crippen LogP contribution in [-0.2, 0) is 0 Å². The Morgan fingerprint density at radius 3 is 2.46 bits per heavy atom. The van der Waals surface area contributed by atoms with Gasteiger partial charge in [0.15, 0.2) is 0 Å². The predicted molar refractivity (Wildman–Crippen MR) is 105 cm³/mol. The Bertz CT molecular complexity index is 759. The quantitative estimate of drug-likeness (QED) is 0.791. The smallest absolute Gasteiger partial charge is 0.321 e. The van der Waals surface area contributed by atoms with Crippen LogP contribution in [0.3, 0.4) is 0 Å². The summed E-state index contributed by atoms with van der Waals surface area (Å²) in [5.41, 5.74) is 1.59. The lowest BCUT2D eigenvalue weighted by atomic mass is 10.2. The van der Waals surface area contributed by atoms with Gasteiger partial charge >= 0.3 is 6.03 Å². The number of aromatic nitrogens is 1. The van der Waals surface area contributed by atoms with Crippen molar-refractivity contribution in [3.8, 4) is 5.75 Å². The number of nitrogens with zero attached hydrogens (tertiary/aromatic N) is 3. The maximum absolute atomic E-state index is 12.5. The van der Waals surface area contributed by atoms with Crippen LogP contribution in [-0.4, -0.2) is 48.7 Å². The first-order valence-corrected chi connectivity index (χ1v) is 9.18. The molecule has 1 saturated heterocycles. The van der Waals surface area contributed by atoms with Gasteiger partial charge < -0.3 is 19.9 Å². The number of ether oxygens (including phenoxy) is 1. The van der Waals surface area contributed by atoms with Gasteiger partial charge in [0.25, 0.3) is 0 Å². The maximum atomic E-state index is 12.5. The van der Waals surface area contributed by atoms with E-state index in [2.05, 4.69) is 15.2 Å². The predicted octanol–water partition coefficient (Wildman–Crippen LogP) is 4.14. The fourth-order valence-corrected chi connectivity index (χ4v) is 3.35. The Labute approximate surface area is 162 Å². The van der Waals surface area contributed by atoms with Gasteiger partial charge in [-0.15, -0.1) is 0 Å². The van der Waals surface area contributed by atoms with Crippen molar-refractivity contribution in [2.75, 3.05) is 43.0 Å². The van der Waals surface area contributed by atoms with Crippen molar-refractivity contribution in [3.05, 3.63) is 46.7 Å². The summed E-state index contributed by atoms with van der Waals surface area (Å²) >= 11 is 11.7. The van der Waals surface area contributed by atoms with Gasteiger partial charge in [-0.2, -0.15) is 0 Å². The molecule has 2 aromatic rings. The van der Waals surface area contributed by atoms with Crippen LogP contribution in [0.2, 0.25) is 10.3 Å². The summed E-state index contributed by atoms with van der Waals surface area (Å²) in [4.78, 5) is 20.3. The summed E-state index contributed by atoms with van der Waals surface area (Å²) < 4.78 is 5.70. The lowest BCUT2D eigenvalue weighted by molar-refractivity contribution is 0.208. The minimum absolute atomic E-state index is 0.180. The molecule has 1 N–H and O–H groups in total. The minimum atomic E-state index is -0.180. The van der Waals surface area contributed by atoms with Crippen molar-refractivity contribution < 1.29 is 9.53 Å². The highest BCUT2D eigenvalue weighted by atomic mass is 35.5. The van der Waals surface area contributed by atoms with Crippen LogP contribution in [0, 0.1) is 0 Å². The van der Waals surface area contributed by atoms with E-state index < -0.39 is 0 Å². The third-order valence-corrected chi connectivity index (χ3v) is 4.47. The zero-order valence-electron chi connectivity index (χ0n) is 14.4. The standard InChI is InChI=1S/C18H20Cl2N4O2/c1-2-26-15-6-4-3-5-14(15)23-7-9-24(10-8-23)18(25)21-13-11-16(19)22-17(20)12-13/h3-6,11-12H,2,7-10H2,1H3,(H,21,22,25). The Hall–Kier alpha value is -2.18. The third kappa shape index (κ3) is 4.51. The highest BCUT2D eigenvalue weighted by Crippen LogP contribution is 2.29. The fourth-order valence-electron chi connectivity index (χ4n) is 2.89. The Balaban J connectivity index is 1.60. The third-order valence-electron chi connectivity index (χ3n) is 4.09. The van der Waals surface area contributed by atoms with Gasteiger partial charge in [0.05, 0.1) is 12.3 Å². The van der Waals surface area contributed by atoms with Gasteiger partial charge in [-0.1, -0.05) is 35.3 Å². The van der Waals surface area contributed by atoms with Gasteiger partial charge in [-0.25, -0.2) is 9.78 Å². The second-order valence-electron chi connectivity index (χ2n) is 5.81. The van der Waals surface area contributed by atoms with E-state index in [9.17, 15) is 4.79 Å². The molecule has 1 aromatic carbocycles. The molecular formula is C18H20Cl2N4O2. The van der Waals surface area contributed by atoms with Gasteiger partial charge in [0.1, 0.15) is 16.1 Å². The first-order chi connectivity index (χ1) is 12.6. The van der Waals surface area contributed by atoms with Crippen molar-refractivity contribution >= 4 is 40.6 Å². The molecule has 26 heavy (non-hydrogen) atoms. The molecule has 0 saturated carbocycles. The summed E-state index contributed by atoms with van der Waals surface area (Å²) in [6.07, 6.45) is 0. The summed E-state index contributed by atoms with van der Waals surface area (Å²) in [6, 6.07) is 10.9. The number of pyridine rings is 1. The molecule has 3 rings (SSSR count). The fraction of sp³-hybridized carbons (Fsp3) is 0.333. The van der Waals surface area contributed by atoms with Gasteiger partial charge in [0.2, 0.25) is 0 Å². The zero-order valence-corrected chi connectivity index (χ0v) is 15.9. The van der Waals surface area contributed by atoms with E-state index >= 15 is 0 Å². The highest BCUT2D eigenvalue weighted by molar-refractivity contribution is 6.32. The summed E-state index contributed by atoms with van der Waals surface area (Å²) in [5, 5.41) is 3.30. The van der Waals surface area contributed by atoms with Crippen molar-refractivity contribution in [1.29, 1.82) is 0 Å². The van der Waals surface area contributed by atoms with Gasteiger partial charge in [0, 0.05) is 31.9 Å². The molecule has 0 spiro atoms. The largest absolute Gasteiger partial charge is 0.492 e. The van der Waals surface area contributed by atoms with E-state index in [1.807, 2.05) is 31.2 Å². The molecule has 0 unspecified atom stereocenters. The first kappa shape index (κ1) is 18.6. The number of anilines is 2. The number of carbonyl (C=O) groups excluding carboxylic acids is 1. The summed E-state index contributed by atoms with van der Waals surface area (Å²) in [6.45, 7) is 5.27. The molecule has 0 atom stereocenters. The van der Waals surface area contributed by atoms with Crippen molar-refractivity contribution in [3.63, 3.8) is 0 Å². The average molecular weight is 395 g/mol. The lowest BCUT2D eigenvalue weighted by Gasteiger charge is -2.36. The van der Waals surface area contributed by atoms with E-state index in [4.69, 9.17) is 27.9 Å². The molecule has 1 aliphatic rings. The number of nitrogens with one attached hydrogen (secondary N) is 1. The van der Waals surface area contributed by atoms with E-state index in [1.54, 1.807) is 17.0 Å². The van der Waals surface area contributed by atoms with Crippen LogP contribution < -0.4 is 15.0 Å². The van der Waals surface area contributed by atoms with Crippen LogP contribution in [0.1, 0.15) is 6.92 Å². The number of benzene rings is 1. The number of hydrogen-bond donors (Lipinski definition) is 1.